The minimum Gasteiger partial charge on any atom is -0.238 e. The summed E-state index contributed by atoms with van der Waals surface area (Å²) in [6.45, 7) is 7.24. The third-order valence-corrected chi connectivity index (χ3v) is 25.8. The summed E-state index contributed by atoms with van der Waals surface area (Å²) in [5.41, 5.74) is 30.3. The van der Waals surface area contributed by atoms with Crippen molar-refractivity contribution < 1.29 is 0 Å². The molecule has 0 saturated carbocycles. The maximum Gasteiger partial charge on any atom is 0.187 e. The molecular weight excluding hydrogens is 1750 g/mol. The zero-order valence-electron chi connectivity index (χ0n) is 77.9. The minimum absolute atomic E-state index is 0.626. The van der Waals surface area contributed by atoms with Gasteiger partial charge in [0.25, 0.3) is 0 Å². The molecule has 0 radical (unpaired) electrons. The Morgan fingerprint density at radius 3 is 0.674 bits per heavy atom. The smallest absolute Gasteiger partial charge is 0.187 e. The molecule has 0 saturated heterocycles. The molecule has 0 unspecified atom stereocenters. The highest BCUT2D eigenvalue weighted by Crippen LogP contribution is 2.45. The molecule has 0 aliphatic heterocycles. The highest BCUT2D eigenvalue weighted by molar-refractivity contribution is 6.08. The van der Waals surface area contributed by atoms with E-state index in [2.05, 4.69) is 272 Å². The predicted molar refractivity (Wildman–Crippen MR) is 586 cm³/mol. The lowest BCUT2D eigenvalue weighted by molar-refractivity contribution is 1.07. The van der Waals surface area contributed by atoms with Crippen molar-refractivity contribution in [2.75, 3.05) is 0 Å². The first-order chi connectivity index (χ1) is 71.2. The van der Waals surface area contributed by atoms with E-state index in [-0.39, 0.29) is 0 Å². The maximum absolute atomic E-state index is 9.64. The van der Waals surface area contributed by atoms with Crippen molar-refractivity contribution in [3.05, 3.63) is 532 Å². The van der Waals surface area contributed by atoms with Gasteiger partial charge in [-0.3, -0.25) is 0 Å². The Morgan fingerprint density at radius 2 is 0.389 bits per heavy atom. The summed E-state index contributed by atoms with van der Waals surface area (Å²) in [5.74, 6) is 5.74. The predicted octanol–water partition coefficient (Wildman–Crippen LogP) is 33.4. The Bertz CT molecular complexity index is 8760. The Kier molecular flexibility index (Phi) is 25.4. The second-order valence-electron chi connectivity index (χ2n) is 34.7. The monoisotopic (exact) mass is 1840 g/mol. The molecule has 0 bridgehead atoms. The van der Waals surface area contributed by atoms with Crippen LogP contribution in [0.2, 0.25) is 0 Å². The van der Waals surface area contributed by atoms with Gasteiger partial charge in [0.2, 0.25) is 0 Å². The molecule has 0 amide bonds. The van der Waals surface area contributed by atoms with E-state index in [9.17, 15) is 10.5 Å². The second kappa shape index (κ2) is 41.1. The number of fused-ring (bicyclic) bond motifs is 3. The summed E-state index contributed by atoms with van der Waals surface area (Å²) < 4.78 is 0. The summed E-state index contributed by atoms with van der Waals surface area (Å²) in [7, 11) is 0. The van der Waals surface area contributed by atoms with Crippen LogP contribution in [-0.4, -0.2) is 44.9 Å². The number of nitriles is 2. The number of nitrogens with zero attached hydrogens (tertiary/aromatic N) is 12. The van der Waals surface area contributed by atoms with Crippen LogP contribution in [0, 0.1) is 29.2 Å². The van der Waals surface area contributed by atoms with Gasteiger partial charge in [-0.1, -0.05) is 491 Å². The molecule has 0 spiro atoms. The standard InChI is InChI=1S/3C44H28N4/c1-45-38-27-24-31(25-28-38)30-16-18-33(19-17-30)40-29-26-32-10-8-9-15-39(32)41(40)34-20-22-37(23-21-34)44-47-42(35-11-4-2-5-12-35)46-43(48-44)36-13-6-3-7-14-36;45-29-37-16-8-9-17-38(37)31-19-21-32(22-20-31)40-28-27-30-11-7-10-18-39(30)41(40)33-23-25-36(26-24-33)44-47-42(34-12-3-1-4-13-34)46-43(48-44)35-14-5-2-6-15-35;45-29-30-10-9-16-38(28-30)31-18-20-33(21-19-31)40-27-26-32-11-7-8-17-39(32)41(40)34-22-24-37(25-23-34)44-47-42(35-12-3-1-4-13-35)46-43(48-44)36-14-5-2-6-15-36/h2-29H;2*1-28H. The summed E-state index contributed by atoms with van der Waals surface area (Å²) in [5, 5.41) is 26.1. The lowest BCUT2D eigenvalue weighted by atomic mass is 9.88. The van der Waals surface area contributed by atoms with E-state index in [1.807, 2.05) is 255 Å². The number of benzene rings is 21. The Morgan fingerprint density at radius 1 is 0.167 bits per heavy atom. The molecule has 0 aliphatic rings. The topological polar surface area (TPSA) is 168 Å². The first-order valence-corrected chi connectivity index (χ1v) is 47.5. The van der Waals surface area contributed by atoms with Crippen LogP contribution >= 0.6 is 0 Å². The van der Waals surface area contributed by atoms with Gasteiger partial charge < -0.3 is 0 Å². The molecule has 12 heteroatoms. The van der Waals surface area contributed by atoms with E-state index in [1.54, 1.807) is 0 Å². The van der Waals surface area contributed by atoms with E-state index < -0.39 is 0 Å². The number of hydrogen-bond acceptors (Lipinski definition) is 11. The average molecular weight is 1840 g/mol. The molecule has 0 atom stereocenters. The fraction of sp³-hybridized carbons (Fsp3) is 0. The molecule has 3 aromatic heterocycles. The van der Waals surface area contributed by atoms with Gasteiger partial charge in [-0.15, -0.1) is 0 Å². The van der Waals surface area contributed by atoms with Crippen molar-refractivity contribution in [3.8, 4) is 215 Å². The molecule has 3 heterocycles. The van der Waals surface area contributed by atoms with E-state index in [4.69, 9.17) is 51.4 Å². The van der Waals surface area contributed by atoms with Crippen molar-refractivity contribution in [2.24, 2.45) is 0 Å². The summed E-state index contributed by atoms with van der Waals surface area (Å²) in [6.07, 6.45) is 0. The molecule has 12 nitrogen and oxygen atoms in total. The van der Waals surface area contributed by atoms with Crippen molar-refractivity contribution in [3.63, 3.8) is 0 Å². The molecule has 672 valence electrons. The lowest BCUT2D eigenvalue weighted by Gasteiger charge is -2.15. The van der Waals surface area contributed by atoms with E-state index >= 15 is 0 Å². The molecule has 24 rings (SSSR count). The Balaban J connectivity index is 0.000000123. The summed E-state index contributed by atoms with van der Waals surface area (Å²) in [4.78, 5) is 47.6. The van der Waals surface area contributed by atoms with E-state index in [0.29, 0.717) is 69.2 Å². The number of hydrogen-bond donors (Lipinski definition) is 0. The molecule has 0 N–H and O–H groups in total. The molecule has 24 aromatic rings. The highest BCUT2D eigenvalue weighted by Gasteiger charge is 2.23. The van der Waals surface area contributed by atoms with Crippen LogP contribution in [0.4, 0.5) is 5.69 Å². The average Bonchev–Trinajstić information content (AvgIpc) is 0.773. The van der Waals surface area contributed by atoms with Crippen LogP contribution in [0.15, 0.2) is 510 Å². The van der Waals surface area contributed by atoms with Gasteiger partial charge in [-0.05, 0) is 151 Å². The largest absolute Gasteiger partial charge is 0.238 e. The zero-order valence-corrected chi connectivity index (χ0v) is 77.9. The van der Waals surface area contributed by atoms with Crippen molar-refractivity contribution in [2.45, 2.75) is 0 Å². The maximum atomic E-state index is 9.64. The molecule has 21 aromatic carbocycles. The summed E-state index contributed by atoms with van der Waals surface area (Å²) in [6, 6.07) is 178. The van der Waals surface area contributed by atoms with Gasteiger partial charge in [0.15, 0.2) is 58.1 Å². The van der Waals surface area contributed by atoms with E-state index in [0.717, 1.165) is 139 Å². The Hall–Kier alpha value is -20.1. The van der Waals surface area contributed by atoms with Crippen LogP contribution < -0.4 is 0 Å². The van der Waals surface area contributed by atoms with Gasteiger partial charge >= 0.3 is 0 Å². The first-order valence-electron chi connectivity index (χ1n) is 47.5. The molecule has 0 fully saturated rings. The highest BCUT2D eigenvalue weighted by atomic mass is 15.1. The Labute approximate surface area is 834 Å². The third-order valence-electron chi connectivity index (χ3n) is 25.8. The van der Waals surface area contributed by atoms with Crippen LogP contribution in [0.5, 0.6) is 0 Å². The first kappa shape index (κ1) is 89.1. The molecule has 144 heavy (non-hydrogen) atoms. The quantitative estimate of drug-likeness (QED) is 0.0750. The third kappa shape index (κ3) is 19.2. The fourth-order valence-corrected chi connectivity index (χ4v) is 18.5. The minimum atomic E-state index is 0.626. The van der Waals surface area contributed by atoms with Gasteiger partial charge in [0, 0.05) is 50.1 Å². The van der Waals surface area contributed by atoms with E-state index in [1.165, 1.54) is 43.4 Å². The van der Waals surface area contributed by atoms with Crippen molar-refractivity contribution >= 4 is 38.0 Å². The van der Waals surface area contributed by atoms with Crippen LogP contribution in [0.1, 0.15) is 11.1 Å². The van der Waals surface area contributed by atoms with Crippen molar-refractivity contribution in [1.82, 2.24) is 44.9 Å². The molecular formula is C132H84N12. The normalized spacial score (nSPS) is 10.9. The van der Waals surface area contributed by atoms with Crippen LogP contribution in [0.3, 0.4) is 0 Å². The van der Waals surface area contributed by atoms with Gasteiger partial charge in [0.1, 0.15) is 0 Å². The second-order valence-corrected chi connectivity index (χ2v) is 34.7. The van der Waals surface area contributed by atoms with Gasteiger partial charge in [0.05, 0.1) is 29.8 Å². The zero-order chi connectivity index (χ0) is 96.9. The van der Waals surface area contributed by atoms with Crippen LogP contribution in [0.25, 0.3) is 240 Å². The lowest BCUT2D eigenvalue weighted by Crippen LogP contribution is -2.00. The molecule has 0 aliphatic carbocycles. The SMILES string of the molecule is N#Cc1cccc(-c2ccc(-c3ccc4ccccc4c3-c3ccc(-c4nc(-c5ccccc5)nc(-c5ccccc5)n4)cc3)cc2)c1.N#Cc1ccccc1-c1ccc(-c2ccc3ccccc3c2-c2ccc(-c3nc(-c4ccccc4)nc(-c4ccccc4)n3)cc2)cc1.[C-]#[N+]c1ccc(-c2ccc(-c3ccc4ccccc4c3-c3ccc(-c4nc(-c5ccccc5)nc(-c5ccccc5)n4)cc3)cc2)cc1. The van der Waals surface area contributed by atoms with Crippen molar-refractivity contribution in [1.29, 1.82) is 10.5 Å². The fourth-order valence-electron chi connectivity index (χ4n) is 18.5. The van der Waals surface area contributed by atoms with Gasteiger partial charge in [-0.25, -0.2) is 49.7 Å². The number of aromatic nitrogens is 9. The number of rotatable bonds is 18. The summed E-state index contributed by atoms with van der Waals surface area (Å²) >= 11 is 0. The van der Waals surface area contributed by atoms with Gasteiger partial charge in [-0.2, -0.15) is 10.5 Å². The van der Waals surface area contributed by atoms with Crippen LogP contribution in [-0.2, 0) is 0 Å².